The van der Waals surface area contributed by atoms with E-state index in [1.807, 2.05) is 0 Å². The number of ether oxygens (including phenoxy) is 2. The third-order valence-corrected chi connectivity index (χ3v) is 2.11. The summed E-state index contributed by atoms with van der Waals surface area (Å²) in [6, 6.07) is 2.88. The summed E-state index contributed by atoms with van der Waals surface area (Å²) in [6.45, 7) is 1.10. The first-order valence-electron chi connectivity index (χ1n) is 4.61. The number of aromatic nitrogens is 1. The molecule has 2 rings (SSSR count). The molecule has 1 aliphatic rings. The summed E-state index contributed by atoms with van der Waals surface area (Å²) in [5, 5.41) is 10.6. The molecule has 1 fully saturated rings. The van der Waals surface area contributed by atoms with Gasteiger partial charge in [0.1, 0.15) is 6.10 Å². The molecule has 1 aromatic heterocycles. The van der Waals surface area contributed by atoms with Crippen LogP contribution < -0.4 is 4.74 Å². The van der Waals surface area contributed by atoms with Crippen LogP contribution in [0, 0.1) is 10.1 Å². The Morgan fingerprint density at radius 2 is 2.53 bits per heavy atom. The average Bonchev–Trinajstić information content (AvgIpc) is 2.71. The lowest BCUT2D eigenvalue weighted by Crippen LogP contribution is -2.17. The summed E-state index contributed by atoms with van der Waals surface area (Å²) in [7, 11) is 0. The Bertz CT molecular complexity index is 363. The Morgan fingerprint density at radius 3 is 3.20 bits per heavy atom. The van der Waals surface area contributed by atoms with E-state index in [1.54, 1.807) is 0 Å². The van der Waals surface area contributed by atoms with E-state index in [0.29, 0.717) is 13.2 Å². The van der Waals surface area contributed by atoms with Gasteiger partial charge in [0.15, 0.2) is 0 Å². The first-order valence-corrected chi connectivity index (χ1v) is 4.61. The van der Waals surface area contributed by atoms with Crippen LogP contribution in [-0.4, -0.2) is 29.2 Å². The van der Waals surface area contributed by atoms with Gasteiger partial charge >= 0.3 is 5.69 Å². The lowest BCUT2D eigenvalue weighted by atomic mass is 10.3. The van der Waals surface area contributed by atoms with Gasteiger partial charge in [-0.3, -0.25) is 10.1 Å². The maximum atomic E-state index is 10.6. The highest BCUT2D eigenvalue weighted by Gasteiger charge is 2.23. The van der Waals surface area contributed by atoms with Crippen molar-refractivity contribution in [2.45, 2.75) is 12.5 Å². The van der Waals surface area contributed by atoms with Gasteiger partial charge in [0, 0.05) is 18.7 Å². The Kier molecular flexibility index (Phi) is 2.77. The van der Waals surface area contributed by atoms with E-state index < -0.39 is 4.92 Å². The Balaban J connectivity index is 2.15. The fourth-order valence-electron chi connectivity index (χ4n) is 1.38. The van der Waals surface area contributed by atoms with Crippen LogP contribution in [-0.2, 0) is 4.74 Å². The third kappa shape index (κ3) is 2.21. The highest BCUT2D eigenvalue weighted by molar-refractivity contribution is 5.39. The van der Waals surface area contributed by atoms with E-state index in [2.05, 4.69) is 4.98 Å². The van der Waals surface area contributed by atoms with Crippen molar-refractivity contribution in [3.63, 3.8) is 0 Å². The van der Waals surface area contributed by atoms with Gasteiger partial charge in [0.05, 0.1) is 18.1 Å². The molecule has 1 atom stereocenters. The molecule has 0 unspecified atom stereocenters. The first-order chi connectivity index (χ1) is 7.27. The number of hydrogen-bond acceptors (Lipinski definition) is 5. The summed E-state index contributed by atoms with van der Waals surface area (Å²) >= 11 is 0. The van der Waals surface area contributed by atoms with Crippen LogP contribution in [0.25, 0.3) is 0 Å². The first kappa shape index (κ1) is 9.85. The van der Waals surface area contributed by atoms with Crippen molar-refractivity contribution in [3.8, 4) is 5.88 Å². The minimum atomic E-state index is -0.502. The molecule has 0 N–H and O–H groups in total. The molecule has 1 aliphatic heterocycles. The predicted molar refractivity (Wildman–Crippen MR) is 50.7 cm³/mol. The van der Waals surface area contributed by atoms with Crippen molar-refractivity contribution >= 4 is 5.69 Å². The standard InChI is InChI=1S/C9H10N2O4/c12-11(13)8-2-1-4-10-9(8)15-7-3-5-14-6-7/h1-2,4,7H,3,5-6H2/t7-/m1/s1. The van der Waals surface area contributed by atoms with Crippen molar-refractivity contribution in [1.82, 2.24) is 4.98 Å². The van der Waals surface area contributed by atoms with Gasteiger partial charge in [0.25, 0.3) is 5.88 Å². The number of nitrogens with zero attached hydrogens (tertiary/aromatic N) is 2. The second-order valence-electron chi connectivity index (χ2n) is 3.19. The van der Waals surface area contributed by atoms with Crippen molar-refractivity contribution in [3.05, 3.63) is 28.4 Å². The van der Waals surface area contributed by atoms with E-state index in [1.165, 1.54) is 18.3 Å². The molecule has 1 aromatic rings. The lowest BCUT2D eigenvalue weighted by molar-refractivity contribution is -0.386. The fourth-order valence-corrected chi connectivity index (χ4v) is 1.38. The Hall–Kier alpha value is -1.69. The Labute approximate surface area is 86.0 Å². The van der Waals surface area contributed by atoms with Crippen LogP contribution in [0.15, 0.2) is 18.3 Å². The van der Waals surface area contributed by atoms with Gasteiger partial charge in [-0.2, -0.15) is 0 Å². The van der Waals surface area contributed by atoms with E-state index in [-0.39, 0.29) is 17.7 Å². The summed E-state index contributed by atoms with van der Waals surface area (Å²) in [4.78, 5) is 14.0. The average molecular weight is 210 g/mol. The zero-order valence-corrected chi connectivity index (χ0v) is 7.96. The van der Waals surface area contributed by atoms with Crippen LogP contribution in [0.4, 0.5) is 5.69 Å². The molecule has 0 aliphatic carbocycles. The molecule has 6 heteroatoms. The van der Waals surface area contributed by atoms with E-state index in [9.17, 15) is 10.1 Å². The normalized spacial score (nSPS) is 20.1. The molecule has 80 valence electrons. The van der Waals surface area contributed by atoms with Gasteiger partial charge in [-0.25, -0.2) is 4.98 Å². The number of hydrogen-bond donors (Lipinski definition) is 0. The van der Waals surface area contributed by atoms with Crippen molar-refractivity contribution < 1.29 is 14.4 Å². The molecule has 6 nitrogen and oxygen atoms in total. The van der Waals surface area contributed by atoms with Crippen LogP contribution in [0.3, 0.4) is 0 Å². The molecular weight excluding hydrogens is 200 g/mol. The highest BCUT2D eigenvalue weighted by atomic mass is 16.6. The molecule has 0 bridgehead atoms. The molecule has 15 heavy (non-hydrogen) atoms. The number of rotatable bonds is 3. The molecule has 1 saturated heterocycles. The molecule has 2 heterocycles. The maximum absolute atomic E-state index is 10.6. The second kappa shape index (κ2) is 4.22. The van der Waals surface area contributed by atoms with Crippen LogP contribution in [0.2, 0.25) is 0 Å². The minimum Gasteiger partial charge on any atom is -0.467 e. The summed E-state index contributed by atoms with van der Waals surface area (Å²) in [5.41, 5.74) is -0.107. The van der Waals surface area contributed by atoms with Crippen LogP contribution in [0.5, 0.6) is 5.88 Å². The zero-order chi connectivity index (χ0) is 10.7. The van der Waals surface area contributed by atoms with E-state index in [4.69, 9.17) is 9.47 Å². The number of nitro groups is 1. The fraction of sp³-hybridized carbons (Fsp3) is 0.444. The highest BCUT2D eigenvalue weighted by Crippen LogP contribution is 2.25. The van der Waals surface area contributed by atoms with Gasteiger partial charge in [0.2, 0.25) is 0 Å². The molecule has 0 amide bonds. The third-order valence-electron chi connectivity index (χ3n) is 2.11. The second-order valence-corrected chi connectivity index (χ2v) is 3.19. The summed E-state index contributed by atoms with van der Waals surface area (Å²) in [5.74, 6) is 0.0676. The summed E-state index contributed by atoms with van der Waals surface area (Å²) < 4.78 is 10.5. The lowest BCUT2D eigenvalue weighted by Gasteiger charge is -2.09. The van der Waals surface area contributed by atoms with Crippen molar-refractivity contribution in [2.24, 2.45) is 0 Å². The van der Waals surface area contributed by atoms with Gasteiger partial charge < -0.3 is 9.47 Å². The van der Waals surface area contributed by atoms with Gasteiger partial charge in [-0.15, -0.1) is 0 Å². The van der Waals surface area contributed by atoms with Crippen molar-refractivity contribution in [2.75, 3.05) is 13.2 Å². The quantitative estimate of drug-likeness (QED) is 0.552. The van der Waals surface area contributed by atoms with Crippen LogP contribution in [0.1, 0.15) is 6.42 Å². The molecule has 0 spiro atoms. The topological polar surface area (TPSA) is 74.5 Å². The van der Waals surface area contributed by atoms with Gasteiger partial charge in [-0.05, 0) is 6.07 Å². The summed E-state index contributed by atoms with van der Waals surface area (Å²) in [6.07, 6.45) is 2.09. The monoisotopic (exact) mass is 210 g/mol. The maximum Gasteiger partial charge on any atom is 0.330 e. The van der Waals surface area contributed by atoms with E-state index in [0.717, 1.165) is 6.42 Å². The molecule has 0 radical (unpaired) electrons. The molecule has 0 saturated carbocycles. The molecular formula is C9H10N2O4. The number of pyridine rings is 1. The molecule has 0 aromatic carbocycles. The van der Waals surface area contributed by atoms with Crippen molar-refractivity contribution in [1.29, 1.82) is 0 Å². The van der Waals surface area contributed by atoms with E-state index >= 15 is 0 Å². The SMILES string of the molecule is O=[N+]([O-])c1cccnc1O[C@@H]1CCOC1. The zero-order valence-electron chi connectivity index (χ0n) is 7.96. The van der Waals surface area contributed by atoms with Crippen LogP contribution >= 0.6 is 0 Å². The Morgan fingerprint density at radius 1 is 1.67 bits per heavy atom. The largest absolute Gasteiger partial charge is 0.467 e. The van der Waals surface area contributed by atoms with Gasteiger partial charge in [-0.1, -0.05) is 0 Å². The predicted octanol–water partition coefficient (Wildman–Crippen LogP) is 1.16. The minimum absolute atomic E-state index is 0.0676. The smallest absolute Gasteiger partial charge is 0.330 e.